The first-order chi connectivity index (χ1) is 10.9. The lowest BCUT2D eigenvalue weighted by Gasteiger charge is -2.30. The highest BCUT2D eigenvalue weighted by Gasteiger charge is 2.24. The Balaban J connectivity index is 0.00000529. The summed E-state index contributed by atoms with van der Waals surface area (Å²) in [7, 11) is 5.22. The summed E-state index contributed by atoms with van der Waals surface area (Å²) in [5, 5.41) is 6.62. The van der Waals surface area contributed by atoms with E-state index in [0.717, 1.165) is 11.5 Å². The van der Waals surface area contributed by atoms with Gasteiger partial charge >= 0.3 is 0 Å². The van der Waals surface area contributed by atoms with Gasteiger partial charge in [0.05, 0.1) is 12.2 Å². The number of hydrogen-bond donors (Lipinski definition) is 2. The average Bonchev–Trinajstić information content (AvgIpc) is 2.53. The van der Waals surface area contributed by atoms with Gasteiger partial charge in [-0.05, 0) is 11.0 Å². The second kappa shape index (κ2) is 11.7. The van der Waals surface area contributed by atoms with E-state index in [1.165, 1.54) is 0 Å². The predicted molar refractivity (Wildman–Crippen MR) is 111 cm³/mol. The Morgan fingerprint density at radius 1 is 1.04 bits per heavy atom. The Hall–Kier alpha value is -0.860. The molecule has 0 spiro atoms. The van der Waals surface area contributed by atoms with Crippen LogP contribution in [0.5, 0.6) is 0 Å². The first-order valence-electron chi connectivity index (χ1n) is 7.97. The quantitative estimate of drug-likeness (QED) is 0.382. The Morgan fingerprint density at radius 3 is 2.08 bits per heavy atom. The summed E-state index contributed by atoms with van der Waals surface area (Å²) in [6, 6.07) is 10.2. The number of methoxy groups -OCH3 is 2. The zero-order valence-corrected chi connectivity index (χ0v) is 18.0. The van der Waals surface area contributed by atoms with Crippen molar-refractivity contribution in [3.63, 3.8) is 0 Å². The third kappa shape index (κ3) is 7.81. The molecule has 2 unspecified atom stereocenters. The maximum atomic E-state index is 5.56. The summed E-state index contributed by atoms with van der Waals surface area (Å²) in [5.41, 5.74) is 1.21. The fourth-order valence-corrected chi connectivity index (χ4v) is 2.35. The van der Waals surface area contributed by atoms with Gasteiger partial charge in [0.2, 0.25) is 0 Å². The molecule has 0 fully saturated rings. The largest absolute Gasteiger partial charge is 0.379 e. The molecule has 24 heavy (non-hydrogen) atoms. The summed E-state index contributed by atoms with van der Waals surface area (Å²) in [5.74, 6) is 0.745. The molecule has 1 aromatic rings. The van der Waals surface area contributed by atoms with E-state index in [9.17, 15) is 0 Å². The Bertz CT molecular complexity index is 475. The molecular formula is C18H32IN3O2. The van der Waals surface area contributed by atoms with E-state index in [4.69, 9.17) is 9.47 Å². The maximum Gasteiger partial charge on any atom is 0.191 e. The van der Waals surface area contributed by atoms with E-state index in [2.05, 4.69) is 48.5 Å². The molecule has 2 N–H and O–H groups in total. The van der Waals surface area contributed by atoms with Crippen molar-refractivity contribution in [1.29, 1.82) is 0 Å². The van der Waals surface area contributed by atoms with E-state index < -0.39 is 0 Å². The van der Waals surface area contributed by atoms with Crippen LogP contribution in [-0.2, 0) is 9.47 Å². The Kier molecular flexibility index (Phi) is 11.2. The van der Waals surface area contributed by atoms with Crippen LogP contribution in [0.1, 0.15) is 32.4 Å². The van der Waals surface area contributed by atoms with Gasteiger partial charge in [0.15, 0.2) is 5.96 Å². The van der Waals surface area contributed by atoms with Gasteiger partial charge in [0.25, 0.3) is 0 Å². The fourth-order valence-electron chi connectivity index (χ4n) is 2.35. The van der Waals surface area contributed by atoms with Crippen molar-refractivity contribution in [3.8, 4) is 0 Å². The van der Waals surface area contributed by atoms with Crippen LogP contribution in [-0.4, -0.2) is 46.4 Å². The summed E-state index contributed by atoms with van der Waals surface area (Å²) >= 11 is 0. The predicted octanol–water partition coefficient (Wildman–Crippen LogP) is 3.22. The monoisotopic (exact) mass is 449 g/mol. The molecule has 0 aliphatic rings. The number of hydrogen-bond acceptors (Lipinski definition) is 3. The van der Waals surface area contributed by atoms with Crippen LogP contribution in [0, 0.1) is 5.41 Å². The maximum absolute atomic E-state index is 5.56. The average molecular weight is 449 g/mol. The number of nitrogens with zero attached hydrogens (tertiary/aromatic N) is 1. The number of guanidine groups is 1. The highest BCUT2D eigenvalue weighted by Crippen LogP contribution is 2.21. The minimum Gasteiger partial charge on any atom is -0.379 e. The van der Waals surface area contributed by atoms with Crippen LogP contribution in [0.15, 0.2) is 35.3 Å². The first-order valence-corrected chi connectivity index (χ1v) is 7.97. The molecule has 0 amide bonds. The zero-order chi connectivity index (χ0) is 17.3. The second-order valence-corrected chi connectivity index (χ2v) is 6.56. The number of nitrogens with one attached hydrogen (secondary N) is 2. The molecule has 1 rings (SSSR count). The summed E-state index contributed by atoms with van der Waals surface area (Å²) < 4.78 is 11.1. The Morgan fingerprint density at radius 2 is 1.62 bits per heavy atom. The number of ether oxygens (including phenoxy) is 2. The van der Waals surface area contributed by atoms with Crippen molar-refractivity contribution in [1.82, 2.24) is 10.6 Å². The molecule has 2 atom stereocenters. The molecule has 0 radical (unpaired) electrons. The number of halogens is 1. The molecule has 0 aromatic heterocycles. The molecule has 0 saturated heterocycles. The minimum absolute atomic E-state index is 0. The molecule has 0 bridgehead atoms. The normalized spacial score (nSPS) is 14.5. The highest BCUT2D eigenvalue weighted by atomic mass is 127. The van der Waals surface area contributed by atoms with Gasteiger partial charge in [0.1, 0.15) is 0 Å². The SMILES string of the molecule is CN=C(NCC(OC)c1ccccc1)NCC(OC)C(C)(C)C.I. The second-order valence-electron chi connectivity index (χ2n) is 6.56. The number of benzene rings is 1. The lowest BCUT2D eigenvalue weighted by atomic mass is 9.89. The molecule has 1 aromatic carbocycles. The van der Waals surface area contributed by atoms with Crippen molar-refractivity contribution in [3.05, 3.63) is 35.9 Å². The molecular weight excluding hydrogens is 417 g/mol. The zero-order valence-electron chi connectivity index (χ0n) is 15.6. The number of aliphatic imine (C=N–C) groups is 1. The van der Waals surface area contributed by atoms with Crippen LogP contribution in [0.3, 0.4) is 0 Å². The number of rotatable bonds is 7. The fraction of sp³-hybridized carbons (Fsp3) is 0.611. The van der Waals surface area contributed by atoms with Crippen LogP contribution >= 0.6 is 24.0 Å². The first kappa shape index (κ1) is 23.1. The Labute approximate surface area is 163 Å². The molecule has 5 nitrogen and oxygen atoms in total. The van der Waals surface area contributed by atoms with E-state index in [-0.39, 0.29) is 41.6 Å². The van der Waals surface area contributed by atoms with Crippen LogP contribution in [0.2, 0.25) is 0 Å². The van der Waals surface area contributed by atoms with Gasteiger partial charge in [-0.3, -0.25) is 4.99 Å². The van der Waals surface area contributed by atoms with Crippen molar-refractivity contribution in [2.45, 2.75) is 33.0 Å². The van der Waals surface area contributed by atoms with E-state index in [0.29, 0.717) is 13.1 Å². The van der Waals surface area contributed by atoms with Crippen LogP contribution in [0.25, 0.3) is 0 Å². The van der Waals surface area contributed by atoms with Crippen molar-refractivity contribution in [2.24, 2.45) is 10.4 Å². The molecule has 0 aliphatic heterocycles. The molecule has 0 heterocycles. The smallest absolute Gasteiger partial charge is 0.191 e. The molecule has 0 aliphatic carbocycles. The minimum atomic E-state index is -0.0180. The van der Waals surface area contributed by atoms with E-state index >= 15 is 0 Å². The summed E-state index contributed by atoms with van der Waals surface area (Å²) in [4.78, 5) is 4.26. The third-order valence-corrected chi connectivity index (χ3v) is 3.84. The topological polar surface area (TPSA) is 54.9 Å². The van der Waals surface area contributed by atoms with Crippen LogP contribution < -0.4 is 10.6 Å². The van der Waals surface area contributed by atoms with Crippen molar-refractivity contribution < 1.29 is 9.47 Å². The highest BCUT2D eigenvalue weighted by molar-refractivity contribution is 14.0. The summed E-state index contributed by atoms with van der Waals surface area (Å²) in [6.45, 7) is 7.83. The van der Waals surface area contributed by atoms with Gasteiger partial charge in [-0.1, -0.05) is 51.1 Å². The standard InChI is InChI=1S/C18H31N3O2.HI/c1-18(2,3)16(23-6)13-21-17(19-4)20-12-15(22-5)14-10-8-7-9-11-14;/h7-11,15-16H,12-13H2,1-6H3,(H2,19,20,21);1H. The molecule has 0 saturated carbocycles. The lowest BCUT2D eigenvalue weighted by Crippen LogP contribution is -2.46. The molecule has 138 valence electrons. The molecule has 6 heteroatoms. The van der Waals surface area contributed by atoms with Gasteiger partial charge in [-0.2, -0.15) is 0 Å². The van der Waals surface area contributed by atoms with Gasteiger partial charge < -0.3 is 20.1 Å². The van der Waals surface area contributed by atoms with Crippen LogP contribution in [0.4, 0.5) is 0 Å². The van der Waals surface area contributed by atoms with Gasteiger partial charge in [-0.15, -0.1) is 24.0 Å². The van der Waals surface area contributed by atoms with Crippen molar-refractivity contribution >= 4 is 29.9 Å². The third-order valence-electron chi connectivity index (χ3n) is 3.84. The van der Waals surface area contributed by atoms with Gasteiger partial charge in [-0.25, -0.2) is 0 Å². The lowest BCUT2D eigenvalue weighted by molar-refractivity contribution is 0.0204. The van der Waals surface area contributed by atoms with E-state index in [1.807, 2.05) is 18.2 Å². The van der Waals surface area contributed by atoms with E-state index in [1.54, 1.807) is 21.3 Å². The van der Waals surface area contributed by atoms with Gasteiger partial charge in [0, 0.05) is 34.4 Å². The summed E-state index contributed by atoms with van der Waals surface area (Å²) in [6.07, 6.45) is 0.0870. The van der Waals surface area contributed by atoms with Crippen molar-refractivity contribution in [2.75, 3.05) is 34.4 Å².